The molecule has 27 heavy (non-hydrogen) atoms. The van der Waals surface area contributed by atoms with E-state index in [2.05, 4.69) is 10.7 Å². The normalized spacial score (nSPS) is 13.8. The third kappa shape index (κ3) is 3.97. The molecule has 0 unspecified atom stereocenters. The van der Waals surface area contributed by atoms with Gasteiger partial charge in [-0.25, -0.2) is 0 Å². The first kappa shape index (κ1) is 17.6. The molecule has 6 heteroatoms. The Hall–Kier alpha value is -2.83. The van der Waals surface area contributed by atoms with Gasteiger partial charge in [-0.3, -0.25) is 4.79 Å². The SMILES string of the molecule is O=C(NC[C@@H](O)c1ccc2c(c1)OCCO2)c1ccc(-c2ccsc2)cc1. The first-order chi connectivity index (χ1) is 13.2. The number of carbonyl (C=O) groups is 1. The second-order valence-corrected chi connectivity index (χ2v) is 7.00. The zero-order valence-corrected chi connectivity index (χ0v) is 15.4. The summed E-state index contributed by atoms with van der Waals surface area (Å²) in [5.74, 6) is 1.07. The monoisotopic (exact) mass is 381 g/mol. The lowest BCUT2D eigenvalue weighted by molar-refractivity contribution is 0.0916. The molecule has 2 aromatic carbocycles. The number of nitrogens with one attached hydrogen (secondary N) is 1. The predicted octanol–water partition coefficient (Wildman–Crippen LogP) is 3.65. The average molecular weight is 381 g/mol. The number of benzene rings is 2. The van der Waals surface area contributed by atoms with Crippen LogP contribution in [0.25, 0.3) is 11.1 Å². The number of rotatable bonds is 5. The number of carbonyl (C=O) groups excluding carboxylic acids is 1. The van der Waals surface area contributed by atoms with Crippen LogP contribution < -0.4 is 14.8 Å². The smallest absolute Gasteiger partial charge is 0.251 e. The summed E-state index contributed by atoms with van der Waals surface area (Å²) in [4.78, 5) is 12.3. The fourth-order valence-electron chi connectivity index (χ4n) is 2.92. The van der Waals surface area contributed by atoms with E-state index in [0.29, 0.717) is 35.8 Å². The molecule has 2 heterocycles. The summed E-state index contributed by atoms with van der Waals surface area (Å²) in [6, 6.07) is 14.8. The van der Waals surface area contributed by atoms with E-state index < -0.39 is 6.10 Å². The van der Waals surface area contributed by atoms with E-state index in [1.807, 2.05) is 23.6 Å². The quantitative estimate of drug-likeness (QED) is 0.708. The fraction of sp³-hybridized carbons (Fsp3) is 0.190. The summed E-state index contributed by atoms with van der Waals surface area (Å²) in [7, 11) is 0. The third-order valence-electron chi connectivity index (χ3n) is 4.41. The average Bonchev–Trinajstić information content (AvgIpc) is 3.26. The minimum Gasteiger partial charge on any atom is -0.486 e. The maximum absolute atomic E-state index is 12.3. The number of thiophene rings is 1. The van der Waals surface area contributed by atoms with Gasteiger partial charge in [-0.15, -0.1) is 0 Å². The Morgan fingerprint density at radius 1 is 1.04 bits per heavy atom. The van der Waals surface area contributed by atoms with Gasteiger partial charge in [-0.2, -0.15) is 11.3 Å². The highest BCUT2D eigenvalue weighted by molar-refractivity contribution is 7.08. The van der Waals surface area contributed by atoms with E-state index in [1.165, 1.54) is 0 Å². The molecule has 0 fully saturated rings. The van der Waals surface area contributed by atoms with Crippen LogP contribution in [0.4, 0.5) is 0 Å². The van der Waals surface area contributed by atoms with Gasteiger partial charge < -0.3 is 19.9 Å². The van der Waals surface area contributed by atoms with Crippen molar-refractivity contribution in [2.24, 2.45) is 0 Å². The molecule has 0 saturated heterocycles. The zero-order chi connectivity index (χ0) is 18.6. The number of ether oxygens (including phenoxy) is 2. The topological polar surface area (TPSA) is 67.8 Å². The van der Waals surface area contributed by atoms with Crippen molar-refractivity contribution in [3.05, 3.63) is 70.4 Å². The van der Waals surface area contributed by atoms with Crippen LogP contribution in [0.5, 0.6) is 11.5 Å². The Kier molecular flexibility index (Phi) is 5.09. The van der Waals surface area contributed by atoms with Gasteiger partial charge in [0.05, 0.1) is 6.10 Å². The number of hydrogen-bond donors (Lipinski definition) is 2. The maximum atomic E-state index is 12.3. The molecule has 0 aliphatic carbocycles. The number of amides is 1. The summed E-state index contributed by atoms with van der Waals surface area (Å²) in [6.07, 6.45) is -0.824. The van der Waals surface area contributed by atoms with Gasteiger partial charge in [0, 0.05) is 12.1 Å². The Labute approximate surface area is 161 Å². The Balaban J connectivity index is 1.37. The lowest BCUT2D eigenvalue weighted by Crippen LogP contribution is -2.28. The van der Waals surface area contributed by atoms with Crippen molar-refractivity contribution in [2.45, 2.75) is 6.10 Å². The molecule has 1 aliphatic heterocycles. The summed E-state index contributed by atoms with van der Waals surface area (Å²) >= 11 is 1.64. The Morgan fingerprint density at radius 3 is 2.56 bits per heavy atom. The molecule has 1 aliphatic rings. The van der Waals surface area contributed by atoms with E-state index in [1.54, 1.807) is 41.7 Å². The lowest BCUT2D eigenvalue weighted by Gasteiger charge is -2.20. The number of fused-ring (bicyclic) bond motifs is 1. The van der Waals surface area contributed by atoms with Gasteiger partial charge in [0.2, 0.25) is 0 Å². The first-order valence-electron chi connectivity index (χ1n) is 8.69. The van der Waals surface area contributed by atoms with Gasteiger partial charge in [-0.1, -0.05) is 18.2 Å². The molecular weight excluding hydrogens is 362 g/mol. The Morgan fingerprint density at radius 2 is 1.81 bits per heavy atom. The van der Waals surface area contributed by atoms with E-state index in [9.17, 15) is 9.90 Å². The van der Waals surface area contributed by atoms with Gasteiger partial charge in [-0.05, 0) is 57.8 Å². The third-order valence-corrected chi connectivity index (χ3v) is 5.09. The van der Waals surface area contributed by atoms with E-state index in [0.717, 1.165) is 11.1 Å². The molecule has 1 amide bonds. The zero-order valence-electron chi connectivity index (χ0n) is 14.6. The highest BCUT2D eigenvalue weighted by atomic mass is 32.1. The van der Waals surface area contributed by atoms with Gasteiger partial charge in [0.25, 0.3) is 5.91 Å². The van der Waals surface area contributed by atoms with Crippen LogP contribution >= 0.6 is 11.3 Å². The molecule has 5 nitrogen and oxygen atoms in total. The summed E-state index contributed by atoms with van der Waals surface area (Å²) < 4.78 is 11.0. The van der Waals surface area contributed by atoms with E-state index >= 15 is 0 Å². The van der Waals surface area contributed by atoms with Crippen LogP contribution in [0.3, 0.4) is 0 Å². The van der Waals surface area contributed by atoms with E-state index in [4.69, 9.17) is 9.47 Å². The highest BCUT2D eigenvalue weighted by Crippen LogP contribution is 2.32. The molecule has 3 aromatic rings. The molecule has 2 N–H and O–H groups in total. The van der Waals surface area contributed by atoms with Crippen molar-refractivity contribution < 1.29 is 19.4 Å². The van der Waals surface area contributed by atoms with Crippen molar-refractivity contribution in [3.63, 3.8) is 0 Å². The standard InChI is InChI=1S/C21H19NO4S/c23-18(16-5-6-19-20(11-16)26-9-8-25-19)12-22-21(24)15-3-1-14(2-4-15)17-7-10-27-13-17/h1-7,10-11,13,18,23H,8-9,12H2,(H,22,24)/t18-/m1/s1. The second-order valence-electron chi connectivity index (χ2n) is 6.22. The van der Waals surface area contributed by atoms with Crippen LogP contribution in [0.2, 0.25) is 0 Å². The molecule has 1 aromatic heterocycles. The molecule has 138 valence electrons. The molecule has 0 spiro atoms. The summed E-state index contributed by atoms with van der Waals surface area (Å²) in [6.45, 7) is 1.13. The van der Waals surface area contributed by atoms with Crippen molar-refractivity contribution >= 4 is 17.2 Å². The van der Waals surface area contributed by atoms with E-state index in [-0.39, 0.29) is 12.5 Å². The van der Waals surface area contributed by atoms with Crippen LogP contribution in [-0.2, 0) is 0 Å². The fourth-order valence-corrected chi connectivity index (χ4v) is 3.58. The Bertz CT molecular complexity index is 922. The minimum absolute atomic E-state index is 0.116. The van der Waals surface area contributed by atoms with Gasteiger partial charge in [0.1, 0.15) is 13.2 Å². The van der Waals surface area contributed by atoms with Crippen LogP contribution in [0.1, 0.15) is 22.0 Å². The molecule has 0 saturated carbocycles. The summed E-state index contributed by atoms with van der Waals surface area (Å²) in [5, 5.41) is 17.2. The number of aliphatic hydroxyl groups excluding tert-OH is 1. The molecule has 4 rings (SSSR count). The minimum atomic E-state index is -0.824. The van der Waals surface area contributed by atoms with Crippen molar-refractivity contribution in [1.29, 1.82) is 0 Å². The molecule has 0 radical (unpaired) electrons. The van der Waals surface area contributed by atoms with Crippen molar-refractivity contribution in [3.8, 4) is 22.6 Å². The molecular formula is C21H19NO4S. The van der Waals surface area contributed by atoms with Crippen LogP contribution in [0, 0.1) is 0 Å². The predicted molar refractivity (Wildman–Crippen MR) is 104 cm³/mol. The second kappa shape index (κ2) is 7.82. The van der Waals surface area contributed by atoms with Crippen LogP contribution in [-0.4, -0.2) is 30.8 Å². The van der Waals surface area contributed by atoms with Crippen molar-refractivity contribution in [2.75, 3.05) is 19.8 Å². The van der Waals surface area contributed by atoms with Gasteiger partial charge >= 0.3 is 0 Å². The maximum Gasteiger partial charge on any atom is 0.251 e. The van der Waals surface area contributed by atoms with Crippen molar-refractivity contribution in [1.82, 2.24) is 5.32 Å². The number of aliphatic hydroxyl groups is 1. The molecule has 0 bridgehead atoms. The van der Waals surface area contributed by atoms with Gasteiger partial charge in [0.15, 0.2) is 11.5 Å². The highest BCUT2D eigenvalue weighted by Gasteiger charge is 2.16. The largest absolute Gasteiger partial charge is 0.486 e. The summed E-state index contributed by atoms with van der Waals surface area (Å²) in [5.41, 5.74) is 3.45. The number of hydrogen-bond acceptors (Lipinski definition) is 5. The van der Waals surface area contributed by atoms with Crippen LogP contribution in [0.15, 0.2) is 59.3 Å². The lowest BCUT2D eigenvalue weighted by atomic mass is 10.1. The molecule has 1 atom stereocenters. The first-order valence-corrected chi connectivity index (χ1v) is 9.63.